The van der Waals surface area contributed by atoms with Gasteiger partial charge in [0.1, 0.15) is 5.00 Å². The number of benzene rings is 1. The molecule has 1 fully saturated rings. The summed E-state index contributed by atoms with van der Waals surface area (Å²) in [6.45, 7) is 1.59. The zero-order valence-electron chi connectivity index (χ0n) is 19.9. The average Bonchev–Trinajstić information content (AvgIpc) is 3.20. The number of nitrogens with one attached hydrogen (secondary N) is 2. The first-order valence-corrected chi connectivity index (χ1v) is 13.9. The van der Waals surface area contributed by atoms with Gasteiger partial charge in [-0.1, -0.05) is 19.3 Å². The molecular weight excluding hydrogens is 472 g/mol. The monoisotopic (exact) mass is 504 g/mol. The zero-order chi connectivity index (χ0) is 24.5. The lowest BCUT2D eigenvalue weighted by atomic mass is 9.96. The summed E-state index contributed by atoms with van der Waals surface area (Å²) < 4.78 is 27.6. The molecule has 0 unspecified atom stereocenters. The molecule has 34 heavy (non-hydrogen) atoms. The summed E-state index contributed by atoms with van der Waals surface area (Å²) in [5.74, 6) is -0.591. The van der Waals surface area contributed by atoms with E-state index in [-0.39, 0.29) is 22.8 Å². The summed E-state index contributed by atoms with van der Waals surface area (Å²) in [6.07, 6.45) is 5.75. The van der Waals surface area contributed by atoms with Crippen LogP contribution in [0, 0.1) is 0 Å². The van der Waals surface area contributed by atoms with Crippen molar-refractivity contribution < 1.29 is 18.0 Å². The number of anilines is 1. The summed E-state index contributed by atoms with van der Waals surface area (Å²) >= 11 is 1.42. The molecule has 1 saturated carbocycles. The van der Waals surface area contributed by atoms with Crippen molar-refractivity contribution in [2.24, 2.45) is 0 Å². The maximum atomic E-state index is 13.1. The maximum absolute atomic E-state index is 13.1. The van der Waals surface area contributed by atoms with E-state index in [1.165, 1.54) is 39.9 Å². The molecule has 0 spiro atoms. The molecule has 0 radical (unpaired) electrons. The van der Waals surface area contributed by atoms with Crippen LogP contribution in [0.3, 0.4) is 0 Å². The van der Waals surface area contributed by atoms with Crippen molar-refractivity contribution in [2.45, 2.75) is 56.0 Å². The molecule has 4 rings (SSSR count). The smallest absolute Gasteiger partial charge is 0.256 e. The maximum Gasteiger partial charge on any atom is 0.256 e. The van der Waals surface area contributed by atoms with Gasteiger partial charge in [-0.3, -0.25) is 9.59 Å². The highest BCUT2D eigenvalue weighted by molar-refractivity contribution is 7.89. The second kappa shape index (κ2) is 10.2. The summed E-state index contributed by atoms with van der Waals surface area (Å²) in [6, 6.07) is 6.04. The number of hydrogen-bond donors (Lipinski definition) is 2. The average molecular weight is 505 g/mol. The van der Waals surface area contributed by atoms with Crippen molar-refractivity contribution in [3.8, 4) is 0 Å². The molecule has 10 heteroatoms. The Kier molecular flexibility index (Phi) is 7.42. The largest absolute Gasteiger partial charge is 0.355 e. The molecule has 1 aliphatic carbocycles. The minimum absolute atomic E-state index is 0.0220. The van der Waals surface area contributed by atoms with Gasteiger partial charge in [0.15, 0.2) is 0 Å². The van der Waals surface area contributed by atoms with E-state index < -0.39 is 10.0 Å². The molecule has 2 aliphatic rings. The molecular formula is C24H32N4O4S2. The van der Waals surface area contributed by atoms with Crippen LogP contribution in [0.1, 0.15) is 63.3 Å². The fourth-order valence-electron chi connectivity index (χ4n) is 4.75. The van der Waals surface area contributed by atoms with Gasteiger partial charge in [0.05, 0.1) is 10.5 Å². The Balaban J connectivity index is 1.53. The first kappa shape index (κ1) is 24.8. The second-order valence-electron chi connectivity index (χ2n) is 9.07. The van der Waals surface area contributed by atoms with E-state index >= 15 is 0 Å². The van der Waals surface area contributed by atoms with E-state index in [0.29, 0.717) is 16.1 Å². The molecule has 1 aromatic heterocycles. The molecule has 1 aromatic carbocycles. The zero-order valence-corrected chi connectivity index (χ0v) is 21.5. The number of thiophene rings is 1. The number of rotatable bonds is 6. The Hall–Kier alpha value is -2.27. The predicted molar refractivity (Wildman–Crippen MR) is 134 cm³/mol. The summed E-state index contributed by atoms with van der Waals surface area (Å²) in [4.78, 5) is 29.0. The SMILES string of the molecule is CNC(=O)c1c(NC(=O)c2ccc(S(=O)(=O)N(C)C3CCCCC3)cc2)sc2c1CCN(C)C2. The number of likely N-dealkylation sites (N-methyl/N-ethyl adjacent to an activating group) is 1. The van der Waals surface area contributed by atoms with Crippen LogP contribution in [0.5, 0.6) is 0 Å². The number of amides is 2. The lowest BCUT2D eigenvalue weighted by molar-refractivity contribution is 0.0962. The third kappa shape index (κ3) is 4.91. The van der Waals surface area contributed by atoms with Crippen molar-refractivity contribution in [2.75, 3.05) is 33.0 Å². The predicted octanol–water partition coefficient (Wildman–Crippen LogP) is 3.30. The minimum Gasteiger partial charge on any atom is -0.355 e. The number of carbonyl (C=O) groups excluding carboxylic acids is 2. The molecule has 2 N–H and O–H groups in total. The highest BCUT2D eigenvalue weighted by Gasteiger charge is 2.30. The molecule has 2 heterocycles. The van der Waals surface area contributed by atoms with E-state index in [1.807, 2.05) is 7.05 Å². The highest BCUT2D eigenvalue weighted by atomic mass is 32.2. The van der Waals surface area contributed by atoms with E-state index in [9.17, 15) is 18.0 Å². The number of fused-ring (bicyclic) bond motifs is 1. The van der Waals surface area contributed by atoms with Gasteiger partial charge >= 0.3 is 0 Å². The van der Waals surface area contributed by atoms with Gasteiger partial charge in [-0.25, -0.2) is 8.42 Å². The molecule has 8 nitrogen and oxygen atoms in total. The van der Waals surface area contributed by atoms with Gasteiger partial charge in [-0.2, -0.15) is 4.31 Å². The van der Waals surface area contributed by atoms with E-state index in [1.54, 1.807) is 14.1 Å². The number of sulfonamides is 1. The fraction of sp³-hybridized carbons (Fsp3) is 0.500. The van der Waals surface area contributed by atoms with Gasteiger partial charge in [-0.05, 0) is 56.1 Å². The normalized spacial score (nSPS) is 17.4. The van der Waals surface area contributed by atoms with Crippen molar-refractivity contribution >= 4 is 38.2 Å². The Morgan fingerprint density at radius 2 is 1.76 bits per heavy atom. The Bertz CT molecular complexity index is 1170. The Morgan fingerprint density at radius 3 is 2.41 bits per heavy atom. The fourth-order valence-corrected chi connectivity index (χ4v) is 7.48. The van der Waals surface area contributed by atoms with Gasteiger partial charge in [0, 0.05) is 43.7 Å². The van der Waals surface area contributed by atoms with Crippen LogP contribution in [-0.2, 0) is 23.0 Å². The molecule has 0 atom stereocenters. The first-order valence-electron chi connectivity index (χ1n) is 11.7. The van der Waals surface area contributed by atoms with Crippen LogP contribution in [0.2, 0.25) is 0 Å². The molecule has 2 amide bonds. The van der Waals surface area contributed by atoms with Crippen LogP contribution in [0.4, 0.5) is 5.00 Å². The van der Waals surface area contributed by atoms with Crippen LogP contribution >= 0.6 is 11.3 Å². The van der Waals surface area contributed by atoms with Gasteiger partial charge < -0.3 is 15.5 Å². The van der Waals surface area contributed by atoms with E-state index in [4.69, 9.17) is 0 Å². The highest BCUT2D eigenvalue weighted by Crippen LogP contribution is 2.37. The molecule has 1 aliphatic heterocycles. The van der Waals surface area contributed by atoms with E-state index in [0.717, 1.165) is 62.1 Å². The van der Waals surface area contributed by atoms with Crippen LogP contribution in [0.25, 0.3) is 0 Å². The number of carbonyl (C=O) groups is 2. The van der Waals surface area contributed by atoms with Gasteiger partial charge in [-0.15, -0.1) is 11.3 Å². The molecule has 184 valence electrons. The first-order chi connectivity index (χ1) is 16.2. The topological polar surface area (TPSA) is 98.8 Å². The standard InChI is InChI=1S/C24H32N4O4S2/c1-25-23(30)21-19-13-14-27(2)15-20(19)33-24(21)26-22(29)16-9-11-18(12-10-16)34(31,32)28(3)17-7-5-4-6-8-17/h9-12,17H,4-8,13-15H2,1-3H3,(H,25,30)(H,26,29). The Morgan fingerprint density at radius 1 is 1.09 bits per heavy atom. The number of nitrogens with zero attached hydrogens (tertiary/aromatic N) is 2. The summed E-state index contributed by atoms with van der Waals surface area (Å²) in [5, 5.41) is 6.09. The summed E-state index contributed by atoms with van der Waals surface area (Å²) in [7, 11) is 1.63. The Labute approximate surface area is 205 Å². The molecule has 0 saturated heterocycles. The van der Waals surface area contributed by atoms with Gasteiger partial charge in [0.2, 0.25) is 10.0 Å². The number of hydrogen-bond acceptors (Lipinski definition) is 6. The quantitative estimate of drug-likeness (QED) is 0.629. The van der Waals surface area contributed by atoms with Crippen molar-refractivity contribution in [1.29, 1.82) is 0 Å². The molecule has 2 aromatic rings. The summed E-state index contributed by atoms with van der Waals surface area (Å²) in [5.41, 5.74) is 1.85. The lowest BCUT2D eigenvalue weighted by Gasteiger charge is -2.30. The molecule has 0 bridgehead atoms. The third-order valence-electron chi connectivity index (χ3n) is 6.81. The third-order valence-corrected chi connectivity index (χ3v) is 9.87. The van der Waals surface area contributed by atoms with Crippen molar-refractivity contribution in [3.63, 3.8) is 0 Å². The minimum atomic E-state index is -3.62. The van der Waals surface area contributed by atoms with Crippen LogP contribution in [-0.4, -0.2) is 63.2 Å². The van der Waals surface area contributed by atoms with Gasteiger partial charge in [0.25, 0.3) is 11.8 Å². The second-order valence-corrected chi connectivity index (χ2v) is 12.2. The van der Waals surface area contributed by atoms with Crippen molar-refractivity contribution in [3.05, 3.63) is 45.8 Å². The van der Waals surface area contributed by atoms with Crippen LogP contribution < -0.4 is 10.6 Å². The van der Waals surface area contributed by atoms with E-state index in [2.05, 4.69) is 15.5 Å². The van der Waals surface area contributed by atoms with Crippen LogP contribution in [0.15, 0.2) is 29.2 Å². The lowest BCUT2D eigenvalue weighted by Crippen LogP contribution is -2.38. The van der Waals surface area contributed by atoms with Crippen molar-refractivity contribution in [1.82, 2.24) is 14.5 Å².